The van der Waals surface area contributed by atoms with Gasteiger partial charge in [-0.05, 0) is 0 Å². The van der Waals surface area contributed by atoms with E-state index >= 15 is 0 Å². The van der Waals surface area contributed by atoms with Crippen molar-refractivity contribution in [1.29, 1.82) is 0 Å². The zero-order valence-electron chi connectivity index (χ0n) is 5.64. The van der Waals surface area contributed by atoms with Crippen molar-refractivity contribution in [1.82, 2.24) is 0 Å². The third-order valence-corrected chi connectivity index (χ3v) is 1.35. The maximum absolute atomic E-state index is 4.85. The van der Waals surface area contributed by atoms with E-state index in [9.17, 15) is 0 Å². The molecule has 0 aromatic heterocycles. The average Bonchev–Trinajstić information content (AvgIpc) is 1.81. The minimum absolute atomic E-state index is 0. The monoisotopic (exact) mass is 398 g/mol. The fourth-order valence-electron chi connectivity index (χ4n) is 0.292. The molecule has 50 valence electrons. The van der Waals surface area contributed by atoms with Crippen molar-refractivity contribution >= 4 is 11.8 Å². The molecular weight excluding hydrogens is 387 g/mol. The fraction of sp³-hybridized carbons (Fsp3) is 0.500. The normalized spacial score (nSPS) is 7.67. The Kier molecular flexibility index (Phi) is 12.0. The topological polar surface area (TPSA) is 9.23 Å². The molecule has 0 aliphatic carbocycles. The van der Waals surface area contributed by atoms with Crippen molar-refractivity contribution in [2.45, 2.75) is 0 Å². The van der Waals surface area contributed by atoms with E-state index in [1.807, 2.05) is 0 Å². The Morgan fingerprint density at radius 2 is 2.33 bits per heavy atom. The van der Waals surface area contributed by atoms with Gasteiger partial charge in [-0.3, -0.25) is 0 Å². The maximum atomic E-state index is 4.85. The quantitative estimate of drug-likeness (QED) is 0.396. The first-order valence-electron chi connectivity index (χ1n) is 2.51. The molecule has 0 bridgehead atoms. The molecular formula is C6H11ORfS-. The Morgan fingerprint density at radius 3 is 2.78 bits per heavy atom. The van der Waals surface area contributed by atoms with Crippen molar-refractivity contribution in [3.8, 4) is 0 Å². The summed E-state index contributed by atoms with van der Waals surface area (Å²) in [5.74, 6) is 1.93. The fourth-order valence-corrected chi connectivity index (χ4v) is 0.711. The first-order valence-corrected chi connectivity index (χ1v) is 3.66. The molecule has 0 saturated carbocycles. The van der Waals surface area contributed by atoms with E-state index in [1.54, 1.807) is 11.8 Å². The number of hydrogen-bond acceptors (Lipinski definition) is 2. The summed E-state index contributed by atoms with van der Waals surface area (Å²) in [4.78, 5) is 0. The Bertz CT molecular complexity index is 59.0. The van der Waals surface area contributed by atoms with Crippen LogP contribution in [-0.2, 0) is 4.74 Å². The second-order valence-electron chi connectivity index (χ2n) is 1.15. The molecule has 1 nitrogen and oxygen atoms in total. The van der Waals surface area contributed by atoms with Gasteiger partial charge in [-0.25, -0.2) is 0 Å². The van der Waals surface area contributed by atoms with E-state index in [1.165, 1.54) is 6.26 Å². The standard InChI is InChI=1S/C6H11OS.Rf/c1-3-7-5-6-8-4-2;/h3H,1-2,4-6H2;/q-1;. The molecule has 0 rings (SSSR count). The van der Waals surface area contributed by atoms with Crippen LogP contribution in [0.15, 0.2) is 12.8 Å². The van der Waals surface area contributed by atoms with E-state index in [0.717, 1.165) is 18.1 Å². The molecule has 0 aliphatic rings. The summed E-state index contributed by atoms with van der Waals surface area (Å²) >= 11 is 1.76. The second-order valence-corrected chi connectivity index (χ2v) is 2.37. The van der Waals surface area contributed by atoms with Crippen molar-refractivity contribution in [3.05, 3.63) is 19.8 Å². The molecule has 0 aromatic carbocycles. The van der Waals surface area contributed by atoms with Gasteiger partial charge in [0, 0.05) is 5.75 Å². The number of rotatable bonds is 5. The molecule has 0 fully saturated rings. The largest absolute Gasteiger partial charge is 0.501 e. The number of hydrogen-bond donors (Lipinski definition) is 0. The Labute approximate surface area is 55.1 Å². The van der Waals surface area contributed by atoms with Gasteiger partial charge in [-0.2, -0.15) is 11.8 Å². The summed E-state index contributed by atoms with van der Waals surface area (Å²) in [6, 6.07) is 0. The summed E-state index contributed by atoms with van der Waals surface area (Å²) in [7, 11) is 0. The minimum Gasteiger partial charge on any atom is -0.501 e. The van der Waals surface area contributed by atoms with Crippen LogP contribution in [0, 0.1) is 6.92 Å². The van der Waals surface area contributed by atoms with Crippen LogP contribution < -0.4 is 0 Å². The summed E-state index contributed by atoms with van der Waals surface area (Å²) in [5.41, 5.74) is 0. The van der Waals surface area contributed by atoms with Crippen LogP contribution in [0.3, 0.4) is 0 Å². The summed E-state index contributed by atoms with van der Waals surface area (Å²) < 4.78 is 4.85. The van der Waals surface area contributed by atoms with Crippen LogP contribution in [0.4, 0.5) is 0 Å². The smallest absolute Gasteiger partial charge is 0.0962 e. The van der Waals surface area contributed by atoms with E-state index in [0.29, 0.717) is 0 Å². The molecule has 0 heterocycles. The Morgan fingerprint density at radius 1 is 1.67 bits per heavy atom. The number of thioether (sulfide) groups is 1. The molecule has 0 aromatic rings. The third-order valence-electron chi connectivity index (χ3n) is 0.608. The first kappa shape index (κ1) is 10.8. The molecule has 9 heavy (non-hydrogen) atoms. The van der Waals surface area contributed by atoms with Gasteiger partial charge in [0.25, 0.3) is 0 Å². The predicted molar refractivity (Wildman–Crippen MR) is 38.8 cm³/mol. The zero-order chi connectivity index (χ0) is 6.24. The van der Waals surface area contributed by atoms with Crippen molar-refractivity contribution in [2.24, 2.45) is 0 Å². The molecule has 0 atom stereocenters. The summed E-state index contributed by atoms with van der Waals surface area (Å²) in [6.07, 6.45) is 1.46. The SMILES string of the molecule is C=COCCSC[CH2-].[Rf]. The van der Waals surface area contributed by atoms with E-state index in [4.69, 9.17) is 4.74 Å². The summed E-state index contributed by atoms with van der Waals surface area (Å²) in [6.45, 7) is 7.83. The van der Waals surface area contributed by atoms with Gasteiger partial charge in [0.15, 0.2) is 0 Å². The first-order chi connectivity index (χ1) is 3.91. The van der Waals surface area contributed by atoms with Gasteiger partial charge in [0.05, 0.1) is 12.9 Å². The van der Waals surface area contributed by atoms with Crippen LogP contribution >= 0.6 is 11.8 Å². The predicted octanol–water partition coefficient (Wildman–Crippen LogP) is 1.71. The van der Waals surface area contributed by atoms with Crippen LogP contribution in [-0.4, -0.2) is 18.1 Å². The summed E-state index contributed by atoms with van der Waals surface area (Å²) in [5, 5.41) is 0. The molecule has 0 N–H and O–H groups in total. The molecule has 0 unspecified atom stereocenters. The van der Waals surface area contributed by atoms with E-state index in [2.05, 4.69) is 13.5 Å². The Hall–Kier alpha value is -1.11. The molecule has 0 amide bonds. The van der Waals surface area contributed by atoms with Gasteiger partial charge in [0.2, 0.25) is 0 Å². The maximum Gasteiger partial charge on any atom is 0.0962 e. The van der Waals surface area contributed by atoms with Crippen LogP contribution in [0.25, 0.3) is 0 Å². The van der Waals surface area contributed by atoms with E-state index in [-0.39, 0.29) is 0 Å². The van der Waals surface area contributed by atoms with Gasteiger partial charge in [-0.15, -0.1) is 5.75 Å². The molecule has 0 saturated heterocycles. The van der Waals surface area contributed by atoms with Gasteiger partial charge in [0.1, 0.15) is 0 Å². The third kappa shape index (κ3) is 10.9. The Balaban J connectivity index is 0. The molecule has 0 spiro atoms. The van der Waals surface area contributed by atoms with Gasteiger partial charge >= 0.3 is 0 Å². The van der Waals surface area contributed by atoms with Crippen LogP contribution in [0.1, 0.15) is 0 Å². The van der Waals surface area contributed by atoms with Crippen LogP contribution in [0.2, 0.25) is 0 Å². The van der Waals surface area contributed by atoms with Crippen molar-refractivity contribution in [2.75, 3.05) is 18.1 Å². The molecule has 0 radical (unpaired) electrons. The van der Waals surface area contributed by atoms with E-state index < -0.39 is 0 Å². The van der Waals surface area contributed by atoms with Crippen molar-refractivity contribution < 1.29 is 4.74 Å². The second kappa shape index (κ2) is 10.00. The number of ether oxygens (including phenoxy) is 1. The van der Waals surface area contributed by atoms with Crippen LogP contribution in [0.5, 0.6) is 0 Å². The molecule has 3 heteroatoms. The van der Waals surface area contributed by atoms with Gasteiger partial charge in [-0.1, -0.05) is 6.58 Å². The molecule has 0 aliphatic heterocycles. The van der Waals surface area contributed by atoms with Crippen molar-refractivity contribution in [3.63, 3.8) is 0 Å². The van der Waals surface area contributed by atoms with Gasteiger partial charge < -0.3 is 11.7 Å². The minimum atomic E-state index is 0. The average molecular weight is 398 g/mol. The zero-order valence-corrected chi connectivity index (χ0v) is 12.9.